The second-order valence-electron chi connectivity index (χ2n) is 3.10. The van der Waals surface area contributed by atoms with Crippen LogP contribution in [0.15, 0.2) is 22.7 Å². The van der Waals surface area contributed by atoms with E-state index in [1.165, 1.54) is 0 Å². The first kappa shape index (κ1) is 8.72. The zero-order chi connectivity index (χ0) is 9.42. The number of nitrogens with one attached hydrogen (secondary N) is 1. The zero-order valence-corrected chi connectivity index (χ0v) is 8.47. The maximum Gasteiger partial charge on any atom is 0.241 e. The number of amides is 1. The predicted octanol–water partition coefficient (Wildman–Crippen LogP) is 1.27. The van der Waals surface area contributed by atoms with Gasteiger partial charge >= 0.3 is 0 Å². The van der Waals surface area contributed by atoms with Crippen molar-refractivity contribution in [3.63, 3.8) is 0 Å². The predicted molar refractivity (Wildman–Crippen MR) is 54.5 cm³/mol. The molecular weight excluding hydrogens is 232 g/mol. The molecule has 0 fully saturated rings. The molecule has 1 aromatic carbocycles. The number of fused-ring (bicyclic) bond motifs is 1. The lowest BCUT2D eigenvalue weighted by atomic mass is 10.00. The van der Waals surface area contributed by atoms with Gasteiger partial charge in [-0.1, -0.05) is 15.9 Å². The summed E-state index contributed by atoms with van der Waals surface area (Å²) in [6.07, 6.45) is 0.612. The molecule has 1 aliphatic heterocycles. The van der Waals surface area contributed by atoms with E-state index in [0.717, 1.165) is 15.7 Å². The summed E-state index contributed by atoms with van der Waals surface area (Å²) in [6.45, 7) is 0. The van der Waals surface area contributed by atoms with Crippen LogP contribution in [-0.2, 0) is 11.2 Å². The fourth-order valence-corrected chi connectivity index (χ4v) is 1.82. The second kappa shape index (κ2) is 3.12. The normalized spacial score (nSPS) is 20.8. The molecule has 3 nitrogen and oxygen atoms in total. The van der Waals surface area contributed by atoms with Crippen molar-refractivity contribution in [3.05, 3.63) is 28.2 Å². The fourth-order valence-electron chi connectivity index (χ4n) is 1.41. The number of carbonyl (C=O) groups excluding carboxylic acids is 1. The van der Waals surface area contributed by atoms with Crippen LogP contribution in [0.4, 0.5) is 5.69 Å². The van der Waals surface area contributed by atoms with Gasteiger partial charge in [0, 0.05) is 10.2 Å². The molecule has 1 atom stereocenters. The Bertz CT molecular complexity index is 365. The SMILES string of the molecule is NC1Cc2cc(Br)ccc2NC1=O. The monoisotopic (exact) mass is 240 g/mol. The van der Waals surface area contributed by atoms with Crippen LogP contribution in [0.2, 0.25) is 0 Å². The minimum Gasteiger partial charge on any atom is -0.324 e. The Morgan fingerprint density at radius 1 is 1.54 bits per heavy atom. The molecule has 0 radical (unpaired) electrons. The first-order chi connectivity index (χ1) is 6.16. The van der Waals surface area contributed by atoms with Crippen LogP contribution in [0.25, 0.3) is 0 Å². The third-order valence-electron chi connectivity index (χ3n) is 2.10. The lowest BCUT2D eigenvalue weighted by molar-refractivity contribution is -0.117. The van der Waals surface area contributed by atoms with E-state index in [-0.39, 0.29) is 5.91 Å². The molecular formula is C9H9BrN2O. The molecule has 0 saturated carbocycles. The summed E-state index contributed by atoms with van der Waals surface area (Å²) in [4.78, 5) is 11.2. The second-order valence-corrected chi connectivity index (χ2v) is 4.02. The van der Waals surface area contributed by atoms with E-state index in [2.05, 4.69) is 21.2 Å². The van der Waals surface area contributed by atoms with Crippen LogP contribution in [0.5, 0.6) is 0 Å². The van der Waals surface area contributed by atoms with Crippen LogP contribution in [-0.4, -0.2) is 11.9 Å². The summed E-state index contributed by atoms with van der Waals surface area (Å²) in [5.41, 5.74) is 7.57. The Morgan fingerprint density at radius 2 is 2.31 bits per heavy atom. The zero-order valence-electron chi connectivity index (χ0n) is 6.88. The number of halogens is 1. The van der Waals surface area contributed by atoms with E-state index in [4.69, 9.17) is 5.73 Å². The number of benzene rings is 1. The van der Waals surface area contributed by atoms with Gasteiger partial charge < -0.3 is 11.1 Å². The van der Waals surface area contributed by atoms with Crippen molar-refractivity contribution >= 4 is 27.5 Å². The van der Waals surface area contributed by atoms with E-state index < -0.39 is 6.04 Å². The van der Waals surface area contributed by atoms with Gasteiger partial charge in [-0.3, -0.25) is 4.79 Å². The van der Waals surface area contributed by atoms with Crippen molar-refractivity contribution < 1.29 is 4.79 Å². The molecule has 0 bridgehead atoms. The molecule has 2 rings (SSSR count). The highest BCUT2D eigenvalue weighted by atomic mass is 79.9. The number of hydrogen-bond acceptors (Lipinski definition) is 2. The number of rotatable bonds is 0. The molecule has 1 aliphatic rings. The topological polar surface area (TPSA) is 55.1 Å². The average Bonchev–Trinajstić information content (AvgIpc) is 2.08. The van der Waals surface area contributed by atoms with Crippen molar-refractivity contribution in [1.82, 2.24) is 0 Å². The Balaban J connectivity index is 2.42. The lowest BCUT2D eigenvalue weighted by Gasteiger charge is -2.21. The summed E-state index contributed by atoms with van der Waals surface area (Å²) < 4.78 is 1.01. The van der Waals surface area contributed by atoms with Gasteiger partial charge in [0.05, 0.1) is 6.04 Å². The van der Waals surface area contributed by atoms with Crippen molar-refractivity contribution in [3.8, 4) is 0 Å². The molecule has 68 valence electrons. The highest BCUT2D eigenvalue weighted by Crippen LogP contribution is 2.25. The van der Waals surface area contributed by atoms with Crippen LogP contribution in [0.3, 0.4) is 0 Å². The van der Waals surface area contributed by atoms with Gasteiger partial charge in [0.1, 0.15) is 0 Å². The Morgan fingerprint density at radius 3 is 3.08 bits per heavy atom. The van der Waals surface area contributed by atoms with Crippen LogP contribution < -0.4 is 11.1 Å². The van der Waals surface area contributed by atoms with E-state index in [1.807, 2.05) is 18.2 Å². The Kier molecular flexibility index (Phi) is 2.09. The minimum absolute atomic E-state index is 0.102. The van der Waals surface area contributed by atoms with Crippen molar-refractivity contribution in [1.29, 1.82) is 0 Å². The number of nitrogens with two attached hydrogens (primary N) is 1. The molecule has 0 spiro atoms. The van der Waals surface area contributed by atoms with E-state index >= 15 is 0 Å². The first-order valence-corrected chi connectivity index (χ1v) is 4.81. The van der Waals surface area contributed by atoms with E-state index in [1.54, 1.807) is 0 Å². The van der Waals surface area contributed by atoms with E-state index in [9.17, 15) is 4.79 Å². The van der Waals surface area contributed by atoms with Gasteiger partial charge in [0.2, 0.25) is 5.91 Å². The van der Waals surface area contributed by atoms with Gasteiger partial charge in [-0.25, -0.2) is 0 Å². The minimum atomic E-state index is -0.415. The molecule has 1 aromatic rings. The van der Waals surface area contributed by atoms with Gasteiger partial charge in [-0.05, 0) is 30.2 Å². The van der Waals surface area contributed by atoms with Crippen LogP contribution in [0.1, 0.15) is 5.56 Å². The van der Waals surface area contributed by atoms with Crippen LogP contribution in [0, 0.1) is 0 Å². The molecule has 0 aliphatic carbocycles. The molecule has 4 heteroatoms. The average molecular weight is 241 g/mol. The smallest absolute Gasteiger partial charge is 0.241 e. The largest absolute Gasteiger partial charge is 0.324 e. The van der Waals surface area contributed by atoms with Crippen molar-refractivity contribution in [2.75, 3.05) is 5.32 Å². The van der Waals surface area contributed by atoms with Crippen molar-refractivity contribution in [2.45, 2.75) is 12.5 Å². The first-order valence-electron chi connectivity index (χ1n) is 4.01. The molecule has 13 heavy (non-hydrogen) atoms. The van der Waals surface area contributed by atoms with Gasteiger partial charge in [-0.15, -0.1) is 0 Å². The summed E-state index contributed by atoms with van der Waals surface area (Å²) in [5.74, 6) is -0.102. The number of anilines is 1. The van der Waals surface area contributed by atoms with Gasteiger partial charge in [0.15, 0.2) is 0 Å². The molecule has 1 amide bonds. The summed E-state index contributed by atoms with van der Waals surface area (Å²) in [7, 11) is 0. The quantitative estimate of drug-likeness (QED) is 0.718. The maximum absolute atomic E-state index is 11.2. The number of carbonyl (C=O) groups is 1. The van der Waals surface area contributed by atoms with Gasteiger partial charge in [0.25, 0.3) is 0 Å². The van der Waals surface area contributed by atoms with Crippen LogP contribution >= 0.6 is 15.9 Å². The summed E-state index contributed by atoms with van der Waals surface area (Å²) in [5, 5.41) is 2.75. The highest BCUT2D eigenvalue weighted by molar-refractivity contribution is 9.10. The Labute approximate surface area is 84.4 Å². The maximum atomic E-state index is 11.2. The van der Waals surface area contributed by atoms with Crippen molar-refractivity contribution in [2.24, 2.45) is 5.73 Å². The molecule has 3 N–H and O–H groups in total. The number of hydrogen-bond donors (Lipinski definition) is 2. The molecule has 0 aromatic heterocycles. The molecule has 1 unspecified atom stereocenters. The third-order valence-corrected chi connectivity index (χ3v) is 2.60. The highest BCUT2D eigenvalue weighted by Gasteiger charge is 2.22. The molecule has 0 saturated heterocycles. The summed E-state index contributed by atoms with van der Waals surface area (Å²) in [6, 6.07) is 5.34. The summed E-state index contributed by atoms with van der Waals surface area (Å²) >= 11 is 3.37. The third kappa shape index (κ3) is 1.59. The van der Waals surface area contributed by atoms with Gasteiger partial charge in [-0.2, -0.15) is 0 Å². The lowest BCUT2D eigenvalue weighted by Crippen LogP contribution is -2.40. The molecule has 1 heterocycles. The standard InChI is InChI=1S/C9H9BrN2O/c10-6-1-2-8-5(3-6)4-7(11)9(13)12-8/h1-3,7H,4,11H2,(H,12,13). The van der Waals surface area contributed by atoms with E-state index in [0.29, 0.717) is 6.42 Å². The fraction of sp³-hybridized carbons (Fsp3) is 0.222. The Hall–Kier alpha value is -0.870.